The van der Waals surface area contributed by atoms with Crippen molar-refractivity contribution in [2.24, 2.45) is 5.41 Å². The molecule has 0 fully saturated rings. The maximum Gasteiger partial charge on any atom is 0.0717 e. The van der Waals surface area contributed by atoms with Crippen molar-refractivity contribution in [1.82, 2.24) is 0 Å². The lowest BCUT2D eigenvalue weighted by Crippen LogP contribution is -2.30. The Morgan fingerprint density at radius 3 is 2.22 bits per heavy atom. The first kappa shape index (κ1) is 14.3. The summed E-state index contributed by atoms with van der Waals surface area (Å²) < 4.78 is 5.63. The van der Waals surface area contributed by atoms with Crippen molar-refractivity contribution >= 4 is 0 Å². The van der Waals surface area contributed by atoms with Gasteiger partial charge in [-0.15, -0.1) is 24.7 Å². The highest BCUT2D eigenvalue weighted by Crippen LogP contribution is 2.26. The van der Waals surface area contributed by atoms with Gasteiger partial charge in [-0.1, -0.05) is 30.3 Å². The first-order valence-corrected chi connectivity index (χ1v) is 5.86. The number of terminal acetylenes is 2. The van der Waals surface area contributed by atoms with Crippen molar-refractivity contribution in [2.45, 2.75) is 19.4 Å². The molecule has 0 unspecified atom stereocenters. The number of hydrogen-bond acceptors (Lipinski definition) is 2. The van der Waals surface area contributed by atoms with Gasteiger partial charge < -0.3 is 9.84 Å². The van der Waals surface area contributed by atoms with Crippen LogP contribution in [-0.2, 0) is 11.3 Å². The molecule has 0 amide bonds. The van der Waals surface area contributed by atoms with Crippen LogP contribution in [-0.4, -0.2) is 18.3 Å². The Bertz CT molecular complexity index is 407. The Labute approximate surface area is 109 Å². The summed E-state index contributed by atoms with van der Waals surface area (Å²) >= 11 is 0. The number of aliphatic hydroxyl groups is 1. The molecule has 1 rings (SSSR count). The summed E-state index contributed by atoms with van der Waals surface area (Å²) in [7, 11) is 0. The van der Waals surface area contributed by atoms with E-state index in [1.54, 1.807) is 0 Å². The third kappa shape index (κ3) is 4.26. The highest BCUT2D eigenvalue weighted by molar-refractivity contribution is 5.13. The monoisotopic (exact) mass is 242 g/mol. The first-order valence-electron chi connectivity index (χ1n) is 5.86. The SMILES string of the molecule is C#CCC(CO)(CC#C)COCc1ccccc1. The first-order chi connectivity index (χ1) is 8.76. The Kier molecular flexibility index (Phi) is 6.01. The lowest BCUT2D eigenvalue weighted by molar-refractivity contribution is 0.00420. The van der Waals surface area contributed by atoms with Crippen LogP contribution in [0.4, 0.5) is 0 Å². The number of aliphatic hydroxyl groups excluding tert-OH is 1. The molecule has 94 valence electrons. The molecule has 0 aliphatic rings. The molecule has 0 heterocycles. The molecule has 1 aromatic carbocycles. The molecule has 0 atom stereocenters. The molecule has 0 bridgehead atoms. The lowest BCUT2D eigenvalue weighted by Gasteiger charge is -2.27. The van der Waals surface area contributed by atoms with Crippen LogP contribution in [0.1, 0.15) is 18.4 Å². The van der Waals surface area contributed by atoms with Crippen molar-refractivity contribution in [2.75, 3.05) is 13.2 Å². The number of benzene rings is 1. The van der Waals surface area contributed by atoms with Gasteiger partial charge in [-0.3, -0.25) is 0 Å². The van der Waals surface area contributed by atoms with E-state index in [0.29, 0.717) is 26.1 Å². The van der Waals surface area contributed by atoms with Gasteiger partial charge in [0, 0.05) is 18.3 Å². The third-order valence-electron chi connectivity index (χ3n) is 2.81. The fraction of sp³-hybridized carbons (Fsp3) is 0.375. The maximum absolute atomic E-state index is 9.46. The summed E-state index contributed by atoms with van der Waals surface area (Å²) in [6, 6.07) is 9.85. The Morgan fingerprint density at radius 1 is 1.11 bits per heavy atom. The van der Waals surface area contributed by atoms with E-state index in [-0.39, 0.29) is 6.61 Å². The van der Waals surface area contributed by atoms with Gasteiger partial charge in [-0.25, -0.2) is 0 Å². The molecular formula is C16H18O2. The quantitative estimate of drug-likeness (QED) is 0.743. The summed E-state index contributed by atoms with van der Waals surface area (Å²) in [5.74, 6) is 5.11. The topological polar surface area (TPSA) is 29.5 Å². The second-order valence-corrected chi connectivity index (χ2v) is 4.40. The standard InChI is InChI=1S/C16H18O2/c1-3-10-16(13-17,11-4-2)14-18-12-15-8-6-5-7-9-15/h1-2,5-9,17H,10-14H2. The van der Waals surface area contributed by atoms with Crippen molar-refractivity contribution in [3.8, 4) is 24.7 Å². The second kappa shape index (κ2) is 7.56. The normalized spacial score (nSPS) is 10.6. The van der Waals surface area contributed by atoms with Gasteiger partial charge in [-0.2, -0.15) is 0 Å². The summed E-state index contributed by atoms with van der Waals surface area (Å²) in [6.07, 6.45) is 11.5. The highest BCUT2D eigenvalue weighted by atomic mass is 16.5. The predicted octanol–water partition coefficient (Wildman–Crippen LogP) is 2.23. The van der Waals surface area contributed by atoms with Gasteiger partial charge in [0.2, 0.25) is 0 Å². The number of rotatable bonds is 7. The van der Waals surface area contributed by atoms with E-state index < -0.39 is 5.41 Å². The van der Waals surface area contributed by atoms with Gasteiger partial charge in [0.25, 0.3) is 0 Å². The molecule has 0 aliphatic carbocycles. The number of hydrogen-bond donors (Lipinski definition) is 1. The molecule has 1 aromatic rings. The molecule has 0 aliphatic heterocycles. The van der Waals surface area contributed by atoms with Crippen LogP contribution in [0, 0.1) is 30.1 Å². The van der Waals surface area contributed by atoms with E-state index in [4.69, 9.17) is 17.6 Å². The molecule has 0 spiro atoms. The molecule has 0 radical (unpaired) electrons. The van der Waals surface area contributed by atoms with Crippen molar-refractivity contribution in [1.29, 1.82) is 0 Å². The molecule has 0 saturated carbocycles. The Balaban J connectivity index is 2.53. The fourth-order valence-corrected chi connectivity index (χ4v) is 1.71. The average Bonchev–Trinajstić information content (AvgIpc) is 2.40. The average molecular weight is 242 g/mol. The van der Waals surface area contributed by atoms with Gasteiger partial charge in [0.05, 0.1) is 19.8 Å². The van der Waals surface area contributed by atoms with Crippen LogP contribution in [0.15, 0.2) is 30.3 Å². The third-order valence-corrected chi connectivity index (χ3v) is 2.81. The Hall–Kier alpha value is -1.74. The summed E-state index contributed by atoms with van der Waals surface area (Å²) in [5, 5.41) is 9.46. The molecule has 0 aromatic heterocycles. The largest absolute Gasteiger partial charge is 0.396 e. The molecule has 18 heavy (non-hydrogen) atoms. The van der Waals surface area contributed by atoms with Crippen LogP contribution in [0.2, 0.25) is 0 Å². The zero-order valence-corrected chi connectivity index (χ0v) is 10.4. The predicted molar refractivity (Wildman–Crippen MR) is 72.5 cm³/mol. The van der Waals surface area contributed by atoms with E-state index >= 15 is 0 Å². The van der Waals surface area contributed by atoms with Gasteiger partial charge in [0.15, 0.2) is 0 Å². The van der Waals surface area contributed by atoms with Gasteiger partial charge >= 0.3 is 0 Å². The van der Waals surface area contributed by atoms with Crippen LogP contribution in [0.3, 0.4) is 0 Å². The van der Waals surface area contributed by atoms with E-state index in [1.165, 1.54) is 0 Å². The minimum atomic E-state index is -0.516. The fourth-order valence-electron chi connectivity index (χ4n) is 1.71. The minimum Gasteiger partial charge on any atom is -0.396 e. The van der Waals surface area contributed by atoms with Gasteiger partial charge in [0.1, 0.15) is 0 Å². The van der Waals surface area contributed by atoms with Crippen LogP contribution in [0.5, 0.6) is 0 Å². The van der Waals surface area contributed by atoms with E-state index in [0.717, 1.165) is 5.56 Å². The molecular weight excluding hydrogens is 224 g/mol. The van der Waals surface area contributed by atoms with Gasteiger partial charge in [-0.05, 0) is 5.56 Å². The van der Waals surface area contributed by atoms with Crippen LogP contribution >= 0.6 is 0 Å². The second-order valence-electron chi connectivity index (χ2n) is 4.40. The molecule has 2 heteroatoms. The zero-order chi connectivity index (χ0) is 13.3. The maximum atomic E-state index is 9.46. The molecule has 2 nitrogen and oxygen atoms in total. The Morgan fingerprint density at radius 2 is 1.72 bits per heavy atom. The minimum absolute atomic E-state index is 0.0593. The summed E-state index contributed by atoms with van der Waals surface area (Å²) in [4.78, 5) is 0. The molecule has 0 saturated heterocycles. The van der Waals surface area contributed by atoms with Crippen LogP contribution in [0.25, 0.3) is 0 Å². The van der Waals surface area contributed by atoms with Crippen molar-refractivity contribution in [3.63, 3.8) is 0 Å². The van der Waals surface area contributed by atoms with Crippen LogP contribution < -0.4 is 0 Å². The smallest absolute Gasteiger partial charge is 0.0717 e. The summed E-state index contributed by atoms with van der Waals surface area (Å²) in [5.41, 5.74) is 0.573. The molecule has 1 N–H and O–H groups in total. The number of ether oxygens (including phenoxy) is 1. The van der Waals surface area contributed by atoms with E-state index in [1.807, 2.05) is 30.3 Å². The zero-order valence-electron chi connectivity index (χ0n) is 10.4. The van der Waals surface area contributed by atoms with Crippen molar-refractivity contribution in [3.05, 3.63) is 35.9 Å². The lowest BCUT2D eigenvalue weighted by atomic mass is 9.83. The van der Waals surface area contributed by atoms with E-state index in [9.17, 15) is 5.11 Å². The van der Waals surface area contributed by atoms with Crippen molar-refractivity contribution < 1.29 is 9.84 Å². The van der Waals surface area contributed by atoms with E-state index in [2.05, 4.69) is 11.8 Å². The highest BCUT2D eigenvalue weighted by Gasteiger charge is 2.28. The summed E-state index contributed by atoms with van der Waals surface area (Å²) in [6.45, 7) is 0.806.